The van der Waals surface area contributed by atoms with Gasteiger partial charge in [-0.2, -0.15) is 4.52 Å². The van der Waals surface area contributed by atoms with Crippen LogP contribution in [0.25, 0.3) is 5.65 Å². The van der Waals surface area contributed by atoms with Crippen LogP contribution in [-0.2, 0) is 0 Å². The van der Waals surface area contributed by atoms with Crippen LogP contribution in [0.1, 0.15) is 18.2 Å². The molecule has 0 spiro atoms. The molecule has 0 aromatic carbocycles. The van der Waals surface area contributed by atoms with Crippen LogP contribution < -0.4 is 4.74 Å². The number of aromatic nitrogens is 3. The Balaban J connectivity index is 2.01. The van der Waals surface area contributed by atoms with Crippen molar-refractivity contribution >= 4 is 5.65 Å². The lowest BCUT2D eigenvalue weighted by molar-refractivity contribution is 0.384. The molecule has 1 unspecified atom stereocenters. The second-order valence-corrected chi connectivity index (χ2v) is 4.56. The van der Waals surface area contributed by atoms with Gasteiger partial charge in [-0.25, -0.2) is 4.98 Å². The highest BCUT2D eigenvalue weighted by Gasteiger charge is 2.25. The summed E-state index contributed by atoms with van der Waals surface area (Å²) in [5.41, 5.74) is 0.855. The summed E-state index contributed by atoms with van der Waals surface area (Å²) in [6, 6.07) is 5.79. The van der Waals surface area contributed by atoms with Gasteiger partial charge in [0.2, 0.25) is 5.88 Å². The Kier molecular flexibility index (Phi) is 2.48. The van der Waals surface area contributed by atoms with E-state index in [0.29, 0.717) is 5.92 Å². The van der Waals surface area contributed by atoms with Crippen LogP contribution in [0.2, 0.25) is 0 Å². The maximum absolute atomic E-state index is 5.27. The molecule has 1 fully saturated rings. The molecular formula is C12H16N4O. The van der Waals surface area contributed by atoms with E-state index in [9.17, 15) is 0 Å². The lowest BCUT2D eigenvalue weighted by atomic mass is 10.1. The first-order chi connectivity index (χ1) is 8.28. The quantitative estimate of drug-likeness (QED) is 0.779. The Bertz CT molecular complexity index is 536. The van der Waals surface area contributed by atoms with E-state index in [4.69, 9.17) is 4.74 Å². The summed E-state index contributed by atoms with van der Waals surface area (Å²) in [6.07, 6.45) is 1.13. The summed E-state index contributed by atoms with van der Waals surface area (Å²) in [5.74, 6) is 2.11. The van der Waals surface area contributed by atoms with Crippen molar-refractivity contribution in [3.63, 3.8) is 0 Å². The predicted molar refractivity (Wildman–Crippen MR) is 64.4 cm³/mol. The van der Waals surface area contributed by atoms with Gasteiger partial charge in [0.15, 0.2) is 11.5 Å². The summed E-state index contributed by atoms with van der Waals surface area (Å²) < 4.78 is 7.05. The molecule has 3 rings (SSSR count). The molecule has 0 saturated carbocycles. The van der Waals surface area contributed by atoms with Crippen LogP contribution in [-0.4, -0.2) is 46.7 Å². The van der Waals surface area contributed by atoms with Crippen molar-refractivity contribution in [2.24, 2.45) is 0 Å². The zero-order valence-corrected chi connectivity index (χ0v) is 10.1. The molecule has 0 aliphatic carbocycles. The van der Waals surface area contributed by atoms with Crippen LogP contribution in [0.3, 0.4) is 0 Å². The van der Waals surface area contributed by atoms with E-state index < -0.39 is 0 Å². The van der Waals surface area contributed by atoms with Crippen molar-refractivity contribution in [2.45, 2.75) is 12.3 Å². The van der Waals surface area contributed by atoms with Crippen LogP contribution in [0.4, 0.5) is 0 Å². The Hall–Kier alpha value is -1.62. The average Bonchev–Trinajstić information content (AvgIpc) is 2.93. The van der Waals surface area contributed by atoms with E-state index in [0.717, 1.165) is 36.9 Å². The maximum atomic E-state index is 5.27. The van der Waals surface area contributed by atoms with E-state index in [1.165, 1.54) is 0 Å². The molecule has 1 aliphatic rings. The lowest BCUT2D eigenvalue weighted by Gasteiger charge is -2.05. The number of hydrogen-bond donors (Lipinski definition) is 0. The van der Waals surface area contributed by atoms with Crippen molar-refractivity contribution in [1.29, 1.82) is 0 Å². The van der Waals surface area contributed by atoms with Gasteiger partial charge in [0.1, 0.15) is 0 Å². The third-order valence-corrected chi connectivity index (χ3v) is 3.31. The Labute approximate surface area is 100 Å². The molecule has 1 saturated heterocycles. The zero-order valence-electron chi connectivity index (χ0n) is 10.1. The number of likely N-dealkylation sites (tertiary alicyclic amines) is 1. The molecule has 5 nitrogen and oxygen atoms in total. The number of likely N-dealkylation sites (N-methyl/N-ethyl adjacent to an activating group) is 1. The first-order valence-electron chi connectivity index (χ1n) is 5.86. The van der Waals surface area contributed by atoms with Gasteiger partial charge < -0.3 is 9.64 Å². The summed E-state index contributed by atoms with van der Waals surface area (Å²) >= 11 is 0. The molecule has 0 amide bonds. The van der Waals surface area contributed by atoms with Gasteiger partial charge in [0.05, 0.1) is 7.11 Å². The first-order valence-corrected chi connectivity index (χ1v) is 5.86. The molecule has 17 heavy (non-hydrogen) atoms. The van der Waals surface area contributed by atoms with Crippen molar-refractivity contribution in [2.75, 3.05) is 27.2 Å². The van der Waals surface area contributed by atoms with E-state index in [1.807, 2.05) is 18.2 Å². The molecule has 1 atom stereocenters. The highest BCUT2D eigenvalue weighted by Crippen LogP contribution is 2.25. The fourth-order valence-electron chi connectivity index (χ4n) is 2.37. The number of rotatable bonds is 2. The second-order valence-electron chi connectivity index (χ2n) is 4.56. The Morgan fingerprint density at radius 2 is 2.29 bits per heavy atom. The maximum Gasteiger partial charge on any atom is 0.216 e. The minimum absolute atomic E-state index is 0.449. The van der Waals surface area contributed by atoms with Gasteiger partial charge in [-0.15, -0.1) is 5.10 Å². The van der Waals surface area contributed by atoms with Crippen molar-refractivity contribution in [3.8, 4) is 5.88 Å². The minimum atomic E-state index is 0.449. The molecule has 1 aliphatic heterocycles. The molecule has 0 radical (unpaired) electrons. The van der Waals surface area contributed by atoms with Gasteiger partial charge in [-0.3, -0.25) is 0 Å². The van der Waals surface area contributed by atoms with Crippen molar-refractivity contribution in [1.82, 2.24) is 19.5 Å². The normalized spacial score (nSPS) is 21.2. The smallest absolute Gasteiger partial charge is 0.216 e. The monoisotopic (exact) mass is 232 g/mol. The first kappa shape index (κ1) is 10.5. The van der Waals surface area contributed by atoms with E-state index in [2.05, 4.69) is 22.0 Å². The number of ether oxygens (including phenoxy) is 1. The van der Waals surface area contributed by atoms with Gasteiger partial charge in [0, 0.05) is 18.5 Å². The summed E-state index contributed by atoms with van der Waals surface area (Å²) in [7, 11) is 3.79. The van der Waals surface area contributed by atoms with E-state index >= 15 is 0 Å². The molecule has 3 heterocycles. The topological polar surface area (TPSA) is 42.7 Å². The van der Waals surface area contributed by atoms with Gasteiger partial charge in [0.25, 0.3) is 0 Å². The zero-order chi connectivity index (χ0) is 11.8. The Morgan fingerprint density at radius 1 is 1.41 bits per heavy atom. The van der Waals surface area contributed by atoms with Gasteiger partial charge in [-0.05, 0) is 26.1 Å². The highest BCUT2D eigenvalue weighted by atomic mass is 16.5. The number of methoxy groups -OCH3 is 1. The molecule has 2 aromatic heterocycles. The standard InChI is InChI=1S/C12H16N4O/c1-15-7-6-9(8-15)12-13-10-4-3-5-11(17-2)16(10)14-12/h3-5,9H,6-8H2,1-2H3. The number of pyridine rings is 1. The van der Waals surface area contributed by atoms with Crippen LogP contribution in [0, 0.1) is 0 Å². The van der Waals surface area contributed by atoms with E-state index in [1.54, 1.807) is 11.6 Å². The molecule has 5 heteroatoms. The minimum Gasteiger partial charge on any atom is -0.481 e. The average molecular weight is 232 g/mol. The van der Waals surface area contributed by atoms with Crippen molar-refractivity contribution < 1.29 is 4.74 Å². The molecule has 0 N–H and O–H groups in total. The third kappa shape index (κ3) is 1.76. The van der Waals surface area contributed by atoms with Crippen LogP contribution in [0.5, 0.6) is 5.88 Å². The number of fused-ring (bicyclic) bond motifs is 1. The molecule has 0 bridgehead atoms. The SMILES string of the molecule is COc1cccc2nc(C3CCN(C)C3)nn12. The second kappa shape index (κ2) is 4.00. The van der Waals surface area contributed by atoms with Crippen LogP contribution >= 0.6 is 0 Å². The summed E-state index contributed by atoms with van der Waals surface area (Å²) in [5, 5.41) is 4.55. The number of hydrogen-bond acceptors (Lipinski definition) is 4. The largest absolute Gasteiger partial charge is 0.481 e. The van der Waals surface area contributed by atoms with Crippen LogP contribution in [0.15, 0.2) is 18.2 Å². The number of nitrogens with zero attached hydrogens (tertiary/aromatic N) is 4. The van der Waals surface area contributed by atoms with Crippen molar-refractivity contribution in [3.05, 3.63) is 24.0 Å². The van der Waals surface area contributed by atoms with Gasteiger partial charge in [-0.1, -0.05) is 6.07 Å². The summed E-state index contributed by atoms with van der Waals surface area (Å²) in [6.45, 7) is 2.16. The summed E-state index contributed by atoms with van der Waals surface area (Å²) in [4.78, 5) is 6.90. The molecule has 90 valence electrons. The molecule has 2 aromatic rings. The predicted octanol–water partition coefficient (Wildman–Crippen LogP) is 1.16. The third-order valence-electron chi connectivity index (χ3n) is 3.31. The van der Waals surface area contributed by atoms with Gasteiger partial charge >= 0.3 is 0 Å². The Morgan fingerprint density at radius 3 is 3.00 bits per heavy atom. The fourth-order valence-corrected chi connectivity index (χ4v) is 2.37. The molecular weight excluding hydrogens is 216 g/mol. The van der Waals surface area contributed by atoms with E-state index in [-0.39, 0.29) is 0 Å². The highest BCUT2D eigenvalue weighted by molar-refractivity contribution is 5.41. The fraction of sp³-hybridized carbons (Fsp3) is 0.500. The lowest BCUT2D eigenvalue weighted by Crippen LogP contribution is -2.13.